The Morgan fingerprint density at radius 3 is 1.73 bits per heavy atom. The molecular formula is C23H27F2NO4. The molecule has 30 heavy (non-hydrogen) atoms. The molecule has 0 fully saturated rings. The molecule has 0 radical (unpaired) electrons. The number of halogens is 2. The van der Waals surface area contributed by atoms with Crippen LogP contribution >= 0.6 is 0 Å². The van der Waals surface area contributed by atoms with Gasteiger partial charge in [0.15, 0.2) is 0 Å². The van der Waals surface area contributed by atoms with Gasteiger partial charge < -0.3 is 24.6 Å². The molecule has 0 amide bonds. The number of aliphatic hydroxyl groups is 2. The fourth-order valence-corrected chi connectivity index (χ4v) is 4.25. The Hall–Kier alpha value is -2.22. The molecule has 0 saturated carbocycles. The molecule has 0 aromatic heterocycles. The SMILES string of the molecule is CN(CC(O)C1CCc2cc(F)ccc2O1)C[C@H](O)[C@H]1CCc2cc(F)ccc2O1. The lowest BCUT2D eigenvalue weighted by molar-refractivity contribution is -0.0212. The van der Waals surface area contributed by atoms with E-state index in [-0.39, 0.29) is 23.8 Å². The van der Waals surface area contributed by atoms with Crippen LogP contribution in [0.1, 0.15) is 24.0 Å². The van der Waals surface area contributed by atoms with Gasteiger partial charge in [-0.3, -0.25) is 0 Å². The molecule has 5 nitrogen and oxygen atoms in total. The first kappa shape index (κ1) is 21.0. The Morgan fingerprint density at radius 2 is 1.30 bits per heavy atom. The number of hydrogen-bond acceptors (Lipinski definition) is 5. The summed E-state index contributed by atoms with van der Waals surface area (Å²) in [4.78, 5) is 1.85. The maximum Gasteiger partial charge on any atom is 0.126 e. The van der Waals surface area contributed by atoms with E-state index in [1.54, 1.807) is 12.1 Å². The predicted octanol–water partition coefficient (Wildman–Crippen LogP) is 2.71. The van der Waals surface area contributed by atoms with Crippen molar-refractivity contribution in [2.75, 3.05) is 20.1 Å². The molecule has 2 unspecified atom stereocenters. The molecule has 162 valence electrons. The van der Waals surface area contributed by atoms with E-state index < -0.39 is 12.2 Å². The van der Waals surface area contributed by atoms with Crippen LogP contribution < -0.4 is 9.47 Å². The Bertz CT molecular complexity index is 822. The molecule has 2 aliphatic heterocycles. The fourth-order valence-electron chi connectivity index (χ4n) is 4.25. The lowest BCUT2D eigenvalue weighted by atomic mass is 9.98. The number of fused-ring (bicyclic) bond motifs is 2. The highest BCUT2D eigenvalue weighted by molar-refractivity contribution is 5.36. The van der Waals surface area contributed by atoms with Gasteiger partial charge >= 0.3 is 0 Å². The lowest BCUT2D eigenvalue weighted by Gasteiger charge is -2.34. The van der Waals surface area contributed by atoms with E-state index in [4.69, 9.17) is 9.47 Å². The third-order valence-electron chi connectivity index (χ3n) is 5.85. The zero-order chi connectivity index (χ0) is 21.3. The molecule has 2 aromatic rings. The van der Waals surface area contributed by atoms with Crippen molar-refractivity contribution in [3.05, 3.63) is 59.2 Å². The van der Waals surface area contributed by atoms with Crippen molar-refractivity contribution in [3.8, 4) is 11.5 Å². The predicted molar refractivity (Wildman–Crippen MR) is 108 cm³/mol. The first-order chi connectivity index (χ1) is 14.4. The highest BCUT2D eigenvalue weighted by Gasteiger charge is 2.30. The van der Waals surface area contributed by atoms with Gasteiger partial charge in [-0.05, 0) is 80.3 Å². The monoisotopic (exact) mass is 419 g/mol. The molecule has 2 heterocycles. The van der Waals surface area contributed by atoms with Crippen molar-refractivity contribution in [1.29, 1.82) is 0 Å². The molecular weight excluding hydrogens is 392 g/mol. The minimum atomic E-state index is -0.739. The second-order valence-corrected chi connectivity index (χ2v) is 8.25. The van der Waals surface area contributed by atoms with Gasteiger partial charge in [0.05, 0.1) is 0 Å². The largest absolute Gasteiger partial charge is 0.487 e. The second kappa shape index (κ2) is 8.88. The van der Waals surface area contributed by atoms with Crippen molar-refractivity contribution in [2.45, 2.75) is 50.1 Å². The number of rotatable bonds is 6. The van der Waals surface area contributed by atoms with Gasteiger partial charge in [0.2, 0.25) is 0 Å². The molecule has 4 rings (SSSR count). The topological polar surface area (TPSA) is 62.2 Å². The summed E-state index contributed by atoms with van der Waals surface area (Å²) in [6.07, 6.45) is 0.271. The molecule has 0 saturated heterocycles. The Morgan fingerprint density at radius 1 is 0.867 bits per heavy atom. The smallest absolute Gasteiger partial charge is 0.126 e. The lowest BCUT2D eigenvalue weighted by Crippen LogP contribution is -2.47. The van der Waals surface area contributed by atoms with Crippen LogP contribution in [0.15, 0.2) is 36.4 Å². The average molecular weight is 419 g/mol. The molecule has 2 aromatic carbocycles. The first-order valence-corrected chi connectivity index (χ1v) is 10.3. The van der Waals surface area contributed by atoms with E-state index in [0.29, 0.717) is 50.3 Å². The van der Waals surface area contributed by atoms with Gasteiger partial charge in [-0.15, -0.1) is 0 Å². The van der Waals surface area contributed by atoms with Gasteiger partial charge in [-0.25, -0.2) is 8.78 Å². The number of ether oxygens (including phenoxy) is 2. The summed E-state index contributed by atoms with van der Waals surface area (Å²) in [5.41, 5.74) is 1.63. The molecule has 7 heteroatoms. The summed E-state index contributed by atoms with van der Waals surface area (Å²) >= 11 is 0. The zero-order valence-electron chi connectivity index (χ0n) is 16.9. The number of hydrogen-bond donors (Lipinski definition) is 2. The van der Waals surface area contributed by atoms with Crippen LogP contribution in [0.5, 0.6) is 11.5 Å². The van der Waals surface area contributed by atoms with E-state index in [2.05, 4.69) is 0 Å². The van der Waals surface area contributed by atoms with E-state index in [9.17, 15) is 19.0 Å². The quantitative estimate of drug-likeness (QED) is 0.754. The van der Waals surface area contributed by atoms with Gasteiger partial charge in [-0.1, -0.05) is 0 Å². The van der Waals surface area contributed by atoms with E-state index in [0.717, 1.165) is 11.1 Å². The van der Waals surface area contributed by atoms with Crippen LogP contribution in [-0.2, 0) is 12.8 Å². The summed E-state index contributed by atoms with van der Waals surface area (Å²) in [5.74, 6) is 0.644. The number of aryl methyl sites for hydroxylation is 2. The van der Waals surface area contributed by atoms with Crippen molar-refractivity contribution in [1.82, 2.24) is 4.90 Å². The van der Waals surface area contributed by atoms with Gasteiger partial charge in [0, 0.05) is 13.1 Å². The van der Waals surface area contributed by atoms with Crippen molar-refractivity contribution in [2.24, 2.45) is 0 Å². The normalized spacial score (nSPS) is 22.5. The highest BCUT2D eigenvalue weighted by Crippen LogP contribution is 2.31. The Labute approximate surface area is 174 Å². The minimum absolute atomic E-state index is 0.289. The summed E-state index contributed by atoms with van der Waals surface area (Å²) in [5, 5.41) is 21.2. The van der Waals surface area contributed by atoms with Crippen LogP contribution in [0.4, 0.5) is 8.78 Å². The molecule has 0 spiro atoms. The number of benzene rings is 2. The second-order valence-electron chi connectivity index (χ2n) is 8.25. The van der Waals surface area contributed by atoms with Crippen molar-refractivity contribution in [3.63, 3.8) is 0 Å². The van der Waals surface area contributed by atoms with Crippen LogP contribution in [0.25, 0.3) is 0 Å². The summed E-state index contributed by atoms with van der Waals surface area (Å²) < 4.78 is 38.4. The maximum absolute atomic E-state index is 13.3. The molecule has 2 N–H and O–H groups in total. The summed E-state index contributed by atoms with van der Waals surface area (Å²) in [6, 6.07) is 8.84. The Kier molecular flexibility index (Phi) is 6.22. The highest BCUT2D eigenvalue weighted by atomic mass is 19.1. The van der Waals surface area contributed by atoms with Gasteiger partial charge in [0.25, 0.3) is 0 Å². The van der Waals surface area contributed by atoms with Crippen LogP contribution in [0.3, 0.4) is 0 Å². The van der Waals surface area contributed by atoms with Crippen molar-refractivity contribution >= 4 is 0 Å². The zero-order valence-corrected chi connectivity index (χ0v) is 16.9. The Balaban J connectivity index is 1.28. The van der Waals surface area contributed by atoms with Crippen LogP contribution in [-0.4, -0.2) is 59.7 Å². The molecule has 2 aliphatic rings. The fraction of sp³-hybridized carbons (Fsp3) is 0.478. The minimum Gasteiger partial charge on any atom is -0.487 e. The number of nitrogens with zero attached hydrogens (tertiary/aromatic N) is 1. The standard InChI is InChI=1S/C23H27F2NO4/c1-26(12-18(27)22-6-2-14-10-16(24)4-8-20(14)29-22)13-19(28)23-7-3-15-11-17(25)5-9-21(15)30-23/h4-5,8-11,18-19,22-23,27-28H,2-3,6-7,12-13H2,1H3/t18-,19?,22+,23?/m0/s1. The van der Waals surface area contributed by atoms with Crippen molar-refractivity contribution < 1.29 is 28.5 Å². The number of likely N-dealkylation sites (N-methyl/N-ethyl adjacent to an activating group) is 1. The molecule has 0 bridgehead atoms. The maximum atomic E-state index is 13.3. The van der Waals surface area contributed by atoms with Crippen LogP contribution in [0.2, 0.25) is 0 Å². The average Bonchev–Trinajstić information content (AvgIpc) is 2.72. The molecule has 0 aliphatic carbocycles. The summed E-state index contributed by atoms with van der Waals surface area (Å²) in [6.45, 7) is 0.652. The van der Waals surface area contributed by atoms with Gasteiger partial charge in [-0.2, -0.15) is 0 Å². The van der Waals surface area contributed by atoms with E-state index in [1.165, 1.54) is 24.3 Å². The van der Waals surface area contributed by atoms with E-state index in [1.807, 2.05) is 11.9 Å². The van der Waals surface area contributed by atoms with E-state index >= 15 is 0 Å². The summed E-state index contributed by atoms with van der Waals surface area (Å²) in [7, 11) is 1.82. The van der Waals surface area contributed by atoms with Crippen LogP contribution in [0, 0.1) is 11.6 Å². The number of aliphatic hydroxyl groups excluding tert-OH is 2. The first-order valence-electron chi connectivity index (χ1n) is 10.3. The van der Waals surface area contributed by atoms with Gasteiger partial charge in [0.1, 0.15) is 47.5 Å². The third kappa shape index (κ3) is 4.74. The molecule has 4 atom stereocenters. The third-order valence-corrected chi connectivity index (χ3v) is 5.85.